The van der Waals surface area contributed by atoms with Crippen molar-refractivity contribution in [2.75, 3.05) is 0 Å². The third-order valence-electron chi connectivity index (χ3n) is 12.5. The van der Waals surface area contributed by atoms with Crippen LogP contribution in [0, 0.1) is 29.1 Å². The second-order valence-electron chi connectivity index (χ2n) is 16.5. The van der Waals surface area contributed by atoms with E-state index in [9.17, 15) is 5.26 Å². The van der Waals surface area contributed by atoms with Crippen molar-refractivity contribution < 1.29 is 0 Å². The largest absolute Gasteiger partial charge is 0.309 e. The molecule has 0 radical (unpaired) electrons. The molecule has 6 aromatic carbocycles. The first-order chi connectivity index (χ1) is 27.4. The number of para-hydroxylation sites is 1. The molecule has 2 bridgehead atoms. The van der Waals surface area contributed by atoms with Gasteiger partial charge in [0.2, 0.25) is 0 Å². The van der Waals surface area contributed by atoms with Crippen LogP contribution in [-0.2, 0) is 5.41 Å². The lowest BCUT2D eigenvalue weighted by molar-refractivity contribution is 0.0780. The number of fused-ring (bicyclic) bond motifs is 5. The minimum atomic E-state index is 0.293. The van der Waals surface area contributed by atoms with Gasteiger partial charge in [0.15, 0.2) is 17.5 Å². The average molecular weight is 726 g/mol. The van der Waals surface area contributed by atoms with Gasteiger partial charge in [-0.25, -0.2) is 15.0 Å². The molecule has 272 valence electrons. The van der Waals surface area contributed by atoms with Gasteiger partial charge in [0, 0.05) is 33.2 Å². The van der Waals surface area contributed by atoms with Gasteiger partial charge in [-0.2, -0.15) is 5.26 Å². The van der Waals surface area contributed by atoms with E-state index in [1.165, 1.54) is 43.2 Å². The third kappa shape index (κ3) is 5.97. The molecule has 2 aliphatic carbocycles. The molecule has 2 saturated carbocycles. The number of hydrogen-bond donors (Lipinski definition) is 0. The number of nitriles is 1. The highest BCUT2D eigenvalue weighted by Crippen LogP contribution is 2.54. The summed E-state index contributed by atoms with van der Waals surface area (Å²) in [7, 11) is 0. The van der Waals surface area contributed by atoms with Crippen LogP contribution in [0.2, 0.25) is 0 Å². The molecule has 0 N–H and O–H groups in total. The van der Waals surface area contributed by atoms with Gasteiger partial charge in [0.1, 0.15) is 0 Å². The predicted octanol–water partition coefficient (Wildman–Crippen LogP) is 12.6. The normalized spacial score (nSPS) is 20.6. The van der Waals surface area contributed by atoms with Crippen LogP contribution in [0.15, 0.2) is 146 Å². The number of rotatable bonds is 6. The number of benzene rings is 6. The topological polar surface area (TPSA) is 67.4 Å². The van der Waals surface area contributed by atoms with Crippen molar-refractivity contribution in [2.24, 2.45) is 17.8 Å². The maximum atomic E-state index is 9.42. The van der Waals surface area contributed by atoms with Crippen LogP contribution < -0.4 is 0 Å². The van der Waals surface area contributed by atoms with Crippen molar-refractivity contribution >= 4 is 21.8 Å². The Labute approximate surface area is 328 Å². The van der Waals surface area contributed by atoms with E-state index in [0.717, 1.165) is 67.5 Å². The Morgan fingerprint density at radius 1 is 0.554 bits per heavy atom. The van der Waals surface area contributed by atoms with Crippen molar-refractivity contribution in [2.45, 2.75) is 51.4 Å². The van der Waals surface area contributed by atoms with E-state index in [4.69, 9.17) is 15.0 Å². The minimum Gasteiger partial charge on any atom is -0.309 e. The van der Waals surface area contributed by atoms with Crippen molar-refractivity contribution in [3.63, 3.8) is 0 Å². The van der Waals surface area contributed by atoms with Gasteiger partial charge >= 0.3 is 0 Å². The van der Waals surface area contributed by atoms with E-state index in [0.29, 0.717) is 28.5 Å². The van der Waals surface area contributed by atoms with Crippen LogP contribution in [0.5, 0.6) is 0 Å². The fraction of sp³-hybridized carbons (Fsp3) is 0.216. The quantitative estimate of drug-likeness (QED) is 0.171. The smallest absolute Gasteiger partial charge is 0.164 e. The number of hydrogen-bond acceptors (Lipinski definition) is 4. The van der Waals surface area contributed by atoms with Gasteiger partial charge in [-0.15, -0.1) is 0 Å². The molecule has 2 fully saturated rings. The highest BCUT2D eigenvalue weighted by Gasteiger charge is 2.45. The van der Waals surface area contributed by atoms with Gasteiger partial charge in [-0.1, -0.05) is 111 Å². The van der Waals surface area contributed by atoms with Crippen LogP contribution >= 0.6 is 0 Å². The molecule has 5 nitrogen and oxygen atoms in total. The van der Waals surface area contributed by atoms with Crippen LogP contribution in [0.4, 0.5) is 0 Å². The summed E-state index contributed by atoms with van der Waals surface area (Å²) in [6.45, 7) is 4.92. The zero-order chi connectivity index (χ0) is 37.8. The van der Waals surface area contributed by atoms with Gasteiger partial charge in [-0.3, -0.25) is 0 Å². The lowest BCUT2D eigenvalue weighted by Crippen LogP contribution is -2.42. The van der Waals surface area contributed by atoms with E-state index in [-0.39, 0.29) is 0 Å². The summed E-state index contributed by atoms with van der Waals surface area (Å²) in [6, 6.07) is 53.1. The maximum Gasteiger partial charge on any atom is 0.164 e. The molecule has 8 aromatic rings. The maximum absolute atomic E-state index is 9.42. The summed E-state index contributed by atoms with van der Waals surface area (Å²) in [6.07, 6.45) is 6.68. The SMILES string of the molecule is C[C@@H]1C[C@@H]2C[C@H](C)CC(c3ccc(-c4ccccc4-c4nc(-c5ccccc5)nc(-c5ccc6c(c5)c5ccccc5n6-c5ccc(C#N)cc5)n4)cc3)(C1)C2. The van der Waals surface area contributed by atoms with Gasteiger partial charge in [0.05, 0.1) is 22.7 Å². The second kappa shape index (κ2) is 13.7. The van der Waals surface area contributed by atoms with E-state index in [2.05, 4.69) is 128 Å². The lowest BCUT2D eigenvalue weighted by atomic mass is 9.54. The first kappa shape index (κ1) is 34.1. The van der Waals surface area contributed by atoms with E-state index >= 15 is 0 Å². The molecule has 2 heterocycles. The lowest BCUT2D eigenvalue weighted by Gasteiger charge is -2.50. The molecule has 2 aliphatic rings. The highest BCUT2D eigenvalue weighted by molar-refractivity contribution is 6.10. The molecule has 5 heteroatoms. The van der Waals surface area contributed by atoms with E-state index in [1.807, 2.05) is 42.5 Å². The number of aromatic nitrogens is 4. The molecule has 0 aliphatic heterocycles. The first-order valence-corrected chi connectivity index (χ1v) is 20.0. The van der Waals surface area contributed by atoms with Crippen LogP contribution in [0.3, 0.4) is 0 Å². The Bertz CT molecular complexity index is 2760. The molecular weight excluding hydrogens is 683 g/mol. The van der Waals surface area contributed by atoms with Crippen molar-refractivity contribution in [1.82, 2.24) is 19.5 Å². The van der Waals surface area contributed by atoms with E-state index in [1.54, 1.807) is 0 Å². The number of nitrogens with zero attached hydrogens (tertiary/aromatic N) is 5. The van der Waals surface area contributed by atoms with Gasteiger partial charge < -0.3 is 4.57 Å². The molecule has 2 aromatic heterocycles. The summed E-state index contributed by atoms with van der Waals surface area (Å²) in [5.41, 5.74) is 10.7. The van der Waals surface area contributed by atoms with Gasteiger partial charge in [-0.05, 0) is 120 Å². The Hall–Kier alpha value is -6.38. The molecule has 0 spiro atoms. The van der Waals surface area contributed by atoms with Crippen molar-refractivity contribution in [1.29, 1.82) is 5.26 Å². The fourth-order valence-corrected chi connectivity index (χ4v) is 10.4. The van der Waals surface area contributed by atoms with Crippen molar-refractivity contribution in [3.8, 4) is 57.0 Å². The average Bonchev–Trinajstić information content (AvgIpc) is 3.57. The summed E-state index contributed by atoms with van der Waals surface area (Å²) in [5.74, 6) is 4.32. The first-order valence-electron chi connectivity index (χ1n) is 20.0. The summed E-state index contributed by atoms with van der Waals surface area (Å²) in [4.78, 5) is 15.5. The minimum absolute atomic E-state index is 0.293. The molecule has 56 heavy (non-hydrogen) atoms. The van der Waals surface area contributed by atoms with Gasteiger partial charge in [0.25, 0.3) is 0 Å². The highest BCUT2D eigenvalue weighted by atomic mass is 15.0. The Morgan fingerprint density at radius 2 is 1.16 bits per heavy atom. The predicted molar refractivity (Wildman–Crippen MR) is 227 cm³/mol. The molecule has 10 rings (SSSR count). The molecule has 0 saturated heterocycles. The summed E-state index contributed by atoms with van der Waals surface area (Å²) >= 11 is 0. The fourth-order valence-electron chi connectivity index (χ4n) is 10.4. The van der Waals surface area contributed by atoms with Crippen molar-refractivity contribution in [3.05, 3.63) is 157 Å². The van der Waals surface area contributed by atoms with Crippen LogP contribution in [0.1, 0.15) is 57.1 Å². The monoisotopic (exact) mass is 725 g/mol. The van der Waals surface area contributed by atoms with Crippen LogP contribution in [0.25, 0.3) is 72.8 Å². The molecular formula is C51H43N5. The standard InChI is InChI=1S/C51H43N5/c1-33-26-36-27-34(2)30-51(29-33,31-36)40-21-18-37(19-22-40)42-12-6-7-14-44(42)50-54-48(38-10-4-3-5-11-38)53-49(55-50)39-20-25-47-45(28-39)43-13-8-9-15-46(43)56(47)41-23-16-35(32-52)17-24-41/h3-25,28,33-34,36H,26-27,29-31H2,1-2H3/t33-,34+,36-,51?. The molecule has 4 atom stereocenters. The molecule has 1 unspecified atom stereocenters. The Kier molecular flexibility index (Phi) is 8.37. The zero-order valence-electron chi connectivity index (χ0n) is 31.9. The molecule has 0 amide bonds. The van der Waals surface area contributed by atoms with E-state index < -0.39 is 0 Å². The Balaban J connectivity index is 1.09. The second-order valence-corrected chi connectivity index (χ2v) is 16.5. The summed E-state index contributed by atoms with van der Waals surface area (Å²) in [5, 5.41) is 11.7. The third-order valence-corrected chi connectivity index (χ3v) is 12.5. The summed E-state index contributed by atoms with van der Waals surface area (Å²) < 4.78 is 2.26. The van der Waals surface area contributed by atoms with Crippen LogP contribution in [-0.4, -0.2) is 19.5 Å². The Morgan fingerprint density at radius 3 is 1.89 bits per heavy atom. The zero-order valence-corrected chi connectivity index (χ0v) is 31.9.